The Bertz CT molecular complexity index is 1640. The highest BCUT2D eigenvalue weighted by Crippen LogP contribution is 2.43. The lowest BCUT2D eigenvalue weighted by molar-refractivity contribution is 0.228. The molecule has 0 saturated carbocycles. The highest BCUT2D eigenvalue weighted by molar-refractivity contribution is 5.77. The Morgan fingerprint density at radius 2 is 0.833 bits per heavy atom. The minimum Gasteiger partial charge on any atom is -0.496 e. The van der Waals surface area contributed by atoms with Crippen LogP contribution in [0, 0.1) is 0 Å². The molecule has 0 aliphatic carbocycles. The molecule has 2 aliphatic heterocycles. The van der Waals surface area contributed by atoms with E-state index in [9.17, 15) is 0 Å². The summed E-state index contributed by atoms with van der Waals surface area (Å²) < 4.78 is 34.5. The molecule has 0 bridgehead atoms. The zero-order valence-corrected chi connectivity index (χ0v) is 29.5. The Kier molecular flexibility index (Phi) is 10.0. The summed E-state index contributed by atoms with van der Waals surface area (Å²) in [5.41, 5.74) is 9.66. The van der Waals surface area contributed by atoms with Gasteiger partial charge in [-0.2, -0.15) is 0 Å². The van der Waals surface area contributed by atoms with Crippen LogP contribution in [0.1, 0.15) is 45.5 Å². The van der Waals surface area contributed by atoms with Crippen LogP contribution in [-0.2, 0) is 25.7 Å². The number of benzene rings is 4. The third kappa shape index (κ3) is 6.39. The standard InChI is InChI=1S/C40H48N2O6/c1-41-15-13-27-21-37(45-5)39(47-7)23-29(27)33(41)19-25-9-11-35(43-3)31(17-25)32-18-26(10-12-36(32)44-4)20-34-30-24-40(48-8)38(46-6)22-28(30)14-16-42(34)2/h9-12,17-18,21-24,33-34H,13-16,19-20H2,1-8H3. The summed E-state index contributed by atoms with van der Waals surface area (Å²) in [6.07, 6.45) is 3.63. The van der Waals surface area contributed by atoms with E-state index in [0.717, 1.165) is 84.4 Å². The smallest absolute Gasteiger partial charge is 0.161 e. The van der Waals surface area contributed by atoms with Crippen molar-refractivity contribution in [2.45, 2.75) is 37.8 Å². The quantitative estimate of drug-likeness (QED) is 0.173. The van der Waals surface area contributed by atoms with Crippen LogP contribution in [0.2, 0.25) is 0 Å². The fourth-order valence-electron chi connectivity index (χ4n) is 7.47. The molecule has 0 N–H and O–H groups in total. The van der Waals surface area contributed by atoms with E-state index in [-0.39, 0.29) is 12.1 Å². The van der Waals surface area contributed by atoms with Gasteiger partial charge in [-0.25, -0.2) is 0 Å². The largest absolute Gasteiger partial charge is 0.496 e. The number of hydrogen-bond donors (Lipinski definition) is 0. The molecular formula is C40H48N2O6. The summed E-state index contributed by atoms with van der Waals surface area (Å²) in [5.74, 6) is 4.71. The summed E-state index contributed by atoms with van der Waals surface area (Å²) in [6, 6.07) is 22.0. The van der Waals surface area contributed by atoms with Gasteiger partial charge in [0.2, 0.25) is 0 Å². The molecule has 0 fully saturated rings. The lowest BCUT2D eigenvalue weighted by Crippen LogP contribution is -2.33. The van der Waals surface area contributed by atoms with Crippen molar-refractivity contribution in [3.05, 3.63) is 94.0 Å². The number of nitrogens with zero attached hydrogens (tertiary/aromatic N) is 2. The van der Waals surface area contributed by atoms with Crippen molar-refractivity contribution < 1.29 is 28.4 Å². The van der Waals surface area contributed by atoms with Gasteiger partial charge in [-0.15, -0.1) is 0 Å². The summed E-state index contributed by atoms with van der Waals surface area (Å²) in [4.78, 5) is 4.87. The fourth-order valence-corrected chi connectivity index (χ4v) is 7.47. The van der Waals surface area contributed by atoms with Crippen LogP contribution in [0.5, 0.6) is 34.5 Å². The number of ether oxygens (including phenoxy) is 6. The van der Waals surface area contributed by atoms with Gasteiger partial charge in [-0.1, -0.05) is 12.1 Å². The first-order valence-electron chi connectivity index (χ1n) is 16.6. The van der Waals surface area contributed by atoms with Gasteiger partial charge in [0.1, 0.15) is 11.5 Å². The molecule has 2 heterocycles. The molecule has 0 spiro atoms. The van der Waals surface area contributed by atoms with E-state index in [0.29, 0.717) is 0 Å². The predicted molar refractivity (Wildman–Crippen MR) is 190 cm³/mol. The molecule has 2 aliphatic rings. The van der Waals surface area contributed by atoms with E-state index in [2.05, 4.69) is 84.6 Å². The third-order valence-electron chi connectivity index (χ3n) is 10.2. The van der Waals surface area contributed by atoms with Crippen LogP contribution in [0.3, 0.4) is 0 Å². The van der Waals surface area contributed by atoms with Gasteiger partial charge in [0, 0.05) is 36.3 Å². The van der Waals surface area contributed by atoms with E-state index >= 15 is 0 Å². The monoisotopic (exact) mass is 652 g/mol. The minimum absolute atomic E-state index is 0.195. The zero-order chi connectivity index (χ0) is 33.9. The molecule has 8 heteroatoms. The number of hydrogen-bond acceptors (Lipinski definition) is 8. The van der Waals surface area contributed by atoms with Crippen molar-refractivity contribution in [1.82, 2.24) is 9.80 Å². The van der Waals surface area contributed by atoms with Crippen LogP contribution in [0.25, 0.3) is 11.1 Å². The lowest BCUT2D eigenvalue weighted by Gasteiger charge is -2.35. The Morgan fingerprint density at radius 1 is 0.479 bits per heavy atom. The third-order valence-corrected chi connectivity index (χ3v) is 10.2. The summed E-state index contributed by atoms with van der Waals surface area (Å²) in [5, 5.41) is 0. The Hall–Kier alpha value is -4.40. The second-order valence-electron chi connectivity index (χ2n) is 12.8. The molecule has 48 heavy (non-hydrogen) atoms. The normalized spacial score (nSPS) is 17.7. The van der Waals surface area contributed by atoms with Crippen molar-refractivity contribution in [1.29, 1.82) is 0 Å². The van der Waals surface area contributed by atoms with E-state index in [1.54, 1.807) is 42.7 Å². The first-order valence-corrected chi connectivity index (χ1v) is 16.6. The van der Waals surface area contributed by atoms with E-state index in [1.807, 2.05) is 0 Å². The minimum atomic E-state index is 0.195. The van der Waals surface area contributed by atoms with Gasteiger partial charge in [0.05, 0.1) is 42.7 Å². The predicted octanol–water partition coefficient (Wildman–Crippen LogP) is 6.95. The molecule has 0 amide bonds. The SMILES string of the molecule is COc1cc2c(cc1OC)C(Cc1ccc(OC)c(-c3cc(CC4c5cc(OC)c(OC)cc5CCN4C)ccc3OC)c1)N(C)CC2. The topological polar surface area (TPSA) is 61.9 Å². The number of fused-ring (bicyclic) bond motifs is 2. The van der Waals surface area contributed by atoms with Crippen LogP contribution < -0.4 is 28.4 Å². The van der Waals surface area contributed by atoms with Gasteiger partial charge < -0.3 is 28.4 Å². The Morgan fingerprint density at radius 3 is 1.19 bits per heavy atom. The number of rotatable bonds is 11. The van der Waals surface area contributed by atoms with Gasteiger partial charge in [0.25, 0.3) is 0 Å². The molecule has 0 aromatic heterocycles. The molecule has 4 aromatic carbocycles. The number of methoxy groups -OCH3 is 6. The van der Waals surface area contributed by atoms with Crippen LogP contribution in [0.4, 0.5) is 0 Å². The van der Waals surface area contributed by atoms with Gasteiger partial charge in [-0.05, 0) is 122 Å². The van der Waals surface area contributed by atoms with Crippen molar-refractivity contribution in [2.75, 3.05) is 69.8 Å². The van der Waals surface area contributed by atoms with Gasteiger partial charge >= 0.3 is 0 Å². The first kappa shape index (κ1) is 33.5. The van der Waals surface area contributed by atoms with E-state index < -0.39 is 0 Å². The highest BCUT2D eigenvalue weighted by atomic mass is 16.5. The average molecular weight is 653 g/mol. The molecule has 8 nitrogen and oxygen atoms in total. The van der Waals surface area contributed by atoms with Crippen molar-refractivity contribution in [2.24, 2.45) is 0 Å². The van der Waals surface area contributed by atoms with Crippen molar-refractivity contribution >= 4 is 0 Å². The first-order chi connectivity index (χ1) is 23.3. The Balaban J connectivity index is 1.35. The summed E-state index contributed by atoms with van der Waals surface area (Å²) in [6.45, 7) is 1.95. The maximum absolute atomic E-state index is 5.95. The lowest BCUT2D eigenvalue weighted by atomic mass is 9.87. The average Bonchev–Trinajstić information content (AvgIpc) is 3.12. The van der Waals surface area contributed by atoms with Crippen LogP contribution >= 0.6 is 0 Å². The molecule has 2 unspecified atom stereocenters. The molecule has 2 atom stereocenters. The second-order valence-corrected chi connectivity index (χ2v) is 12.8. The van der Waals surface area contributed by atoms with Crippen molar-refractivity contribution in [3.8, 4) is 45.6 Å². The number of likely N-dealkylation sites (N-methyl/N-ethyl adjacent to an activating group) is 2. The highest BCUT2D eigenvalue weighted by Gasteiger charge is 2.29. The zero-order valence-electron chi connectivity index (χ0n) is 29.5. The molecule has 0 saturated heterocycles. The second kappa shape index (κ2) is 14.4. The van der Waals surface area contributed by atoms with Gasteiger partial charge in [0.15, 0.2) is 23.0 Å². The summed E-state index contributed by atoms with van der Waals surface area (Å²) >= 11 is 0. The van der Waals surface area contributed by atoms with E-state index in [1.165, 1.54) is 33.4 Å². The maximum atomic E-state index is 5.95. The van der Waals surface area contributed by atoms with E-state index in [4.69, 9.17) is 28.4 Å². The molecular weight excluding hydrogens is 604 g/mol. The Labute approximate surface area is 285 Å². The molecule has 4 aromatic rings. The van der Waals surface area contributed by atoms with Crippen LogP contribution in [0.15, 0.2) is 60.7 Å². The maximum Gasteiger partial charge on any atom is 0.161 e. The molecule has 6 rings (SSSR count). The van der Waals surface area contributed by atoms with Gasteiger partial charge in [-0.3, -0.25) is 9.80 Å². The van der Waals surface area contributed by atoms with Crippen molar-refractivity contribution in [3.63, 3.8) is 0 Å². The molecule has 254 valence electrons. The summed E-state index contributed by atoms with van der Waals surface area (Å²) in [7, 11) is 14.6. The van der Waals surface area contributed by atoms with Crippen LogP contribution in [-0.4, -0.2) is 79.6 Å². The molecule has 0 radical (unpaired) electrons. The fraction of sp³-hybridized carbons (Fsp3) is 0.400.